The van der Waals surface area contributed by atoms with E-state index in [-0.39, 0.29) is 0 Å². The molecule has 0 aliphatic heterocycles. The van der Waals surface area contributed by atoms with Crippen LogP contribution in [-0.4, -0.2) is 23.0 Å². The Labute approximate surface area is 147 Å². The fourth-order valence-corrected chi connectivity index (χ4v) is 2.89. The first-order valence-electron chi connectivity index (χ1n) is 7.42. The van der Waals surface area contributed by atoms with E-state index in [1.54, 1.807) is 48.0 Å². The molecule has 0 saturated carbocycles. The van der Waals surface area contributed by atoms with E-state index in [0.29, 0.717) is 16.8 Å². The summed E-state index contributed by atoms with van der Waals surface area (Å²) < 4.78 is 6.10. The van der Waals surface area contributed by atoms with Crippen LogP contribution in [0, 0.1) is 11.3 Å². The highest BCUT2D eigenvalue weighted by atomic mass is 32.1. The number of thiazole rings is 1. The summed E-state index contributed by atoms with van der Waals surface area (Å²) in [7, 11) is 0. The molecule has 0 aliphatic carbocycles. The van der Waals surface area contributed by atoms with Crippen molar-refractivity contribution in [3.8, 4) is 6.07 Å². The van der Waals surface area contributed by atoms with Gasteiger partial charge in [-0.15, -0.1) is 11.3 Å². The number of fused-ring (bicyclic) bond motifs is 1. The largest absolute Gasteiger partial charge is 0.449 e. The lowest BCUT2D eigenvalue weighted by molar-refractivity contribution is -0.123. The summed E-state index contributed by atoms with van der Waals surface area (Å²) in [5, 5.41) is 11.5. The molecule has 25 heavy (non-hydrogen) atoms. The number of rotatable bonds is 4. The third-order valence-electron chi connectivity index (χ3n) is 3.48. The van der Waals surface area contributed by atoms with E-state index in [0.717, 1.165) is 10.2 Å². The lowest BCUT2D eigenvalue weighted by Crippen LogP contribution is -2.30. The van der Waals surface area contributed by atoms with Crippen LogP contribution in [0.5, 0.6) is 0 Å². The van der Waals surface area contributed by atoms with E-state index in [4.69, 9.17) is 10.00 Å². The first-order valence-corrected chi connectivity index (χ1v) is 8.30. The van der Waals surface area contributed by atoms with Gasteiger partial charge < -0.3 is 10.1 Å². The number of amides is 1. The lowest BCUT2D eigenvalue weighted by Gasteiger charge is -2.13. The van der Waals surface area contributed by atoms with Crippen molar-refractivity contribution in [3.05, 3.63) is 59.1 Å². The van der Waals surface area contributed by atoms with Gasteiger partial charge in [-0.3, -0.25) is 4.79 Å². The molecule has 0 fully saturated rings. The molecule has 6 nitrogen and oxygen atoms in total. The summed E-state index contributed by atoms with van der Waals surface area (Å²) in [6.45, 7) is 1.49. The number of ether oxygens (including phenoxy) is 1. The quantitative estimate of drug-likeness (QED) is 0.728. The Kier molecular flexibility index (Phi) is 4.73. The number of aromatic nitrogens is 1. The molecule has 0 unspecified atom stereocenters. The zero-order chi connectivity index (χ0) is 17.8. The maximum absolute atomic E-state index is 12.2. The Morgan fingerprint density at radius 1 is 1.28 bits per heavy atom. The number of hydrogen-bond acceptors (Lipinski definition) is 6. The minimum absolute atomic E-state index is 0.364. The molecule has 0 radical (unpaired) electrons. The van der Waals surface area contributed by atoms with Crippen molar-refractivity contribution in [1.29, 1.82) is 5.26 Å². The number of benzene rings is 2. The molecular weight excluding hydrogens is 338 g/mol. The normalized spacial score (nSPS) is 11.5. The summed E-state index contributed by atoms with van der Waals surface area (Å²) in [5.41, 5.74) is 3.77. The van der Waals surface area contributed by atoms with Gasteiger partial charge in [-0.2, -0.15) is 5.26 Å². The number of nitrogens with one attached hydrogen (secondary N) is 1. The molecule has 1 atom stereocenters. The van der Waals surface area contributed by atoms with Crippen LogP contribution in [0.25, 0.3) is 10.2 Å². The molecule has 1 heterocycles. The predicted molar refractivity (Wildman–Crippen MR) is 94.3 cm³/mol. The van der Waals surface area contributed by atoms with Crippen molar-refractivity contribution in [2.24, 2.45) is 0 Å². The van der Waals surface area contributed by atoms with Gasteiger partial charge in [-0.05, 0) is 43.3 Å². The van der Waals surface area contributed by atoms with E-state index in [9.17, 15) is 9.59 Å². The number of esters is 1. The van der Waals surface area contributed by atoms with Crippen molar-refractivity contribution < 1.29 is 14.3 Å². The SMILES string of the molecule is C[C@@H](OC(=O)c1ccc2ncsc2c1)C(=O)Nc1cccc(C#N)c1. The molecule has 0 bridgehead atoms. The first kappa shape index (κ1) is 16.6. The summed E-state index contributed by atoms with van der Waals surface area (Å²) in [5.74, 6) is -1.05. The molecule has 3 rings (SSSR count). The van der Waals surface area contributed by atoms with Crippen molar-refractivity contribution in [1.82, 2.24) is 4.98 Å². The van der Waals surface area contributed by atoms with Crippen LogP contribution in [0.2, 0.25) is 0 Å². The average Bonchev–Trinajstić information content (AvgIpc) is 3.09. The van der Waals surface area contributed by atoms with Crippen molar-refractivity contribution in [3.63, 3.8) is 0 Å². The van der Waals surface area contributed by atoms with Gasteiger partial charge in [0.15, 0.2) is 6.10 Å². The standard InChI is InChI=1S/C18H13N3O3S/c1-11(17(22)21-14-4-2-3-12(7-14)9-19)24-18(23)13-5-6-15-16(8-13)25-10-20-15/h2-8,10-11H,1H3,(H,21,22)/t11-/m1/s1. The summed E-state index contributed by atoms with van der Waals surface area (Å²) >= 11 is 1.42. The third kappa shape index (κ3) is 3.82. The number of carbonyl (C=O) groups excluding carboxylic acids is 2. The van der Waals surface area contributed by atoms with Crippen molar-refractivity contribution in [2.75, 3.05) is 5.32 Å². The highest BCUT2D eigenvalue weighted by Crippen LogP contribution is 2.20. The Balaban J connectivity index is 1.65. The van der Waals surface area contributed by atoms with Gasteiger partial charge in [0.25, 0.3) is 5.91 Å². The van der Waals surface area contributed by atoms with Gasteiger partial charge in [0.1, 0.15) is 0 Å². The highest BCUT2D eigenvalue weighted by Gasteiger charge is 2.19. The van der Waals surface area contributed by atoms with Gasteiger partial charge in [0, 0.05) is 5.69 Å². The fourth-order valence-electron chi connectivity index (χ4n) is 2.17. The number of nitrogens with zero attached hydrogens (tertiary/aromatic N) is 2. The third-order valence-corrected chi connectivity index (χ3v) is 4.27. The molecule has 124 valence electrons. The van der Waals surface area contributed by atoms with Crippen molar-refractivity contribution >= 4 is 39.1 Å². The van der Waals surface area contributed by atoms with Crippen LogP contribution in [0.15, 0.2) is 48.0 Å². The van der Waals surface area contributed by atoms with Gasteiger partial charge in [-0.1, -0.05) is 6.07 Å². The van der Waals surface area contributed by atoms with Gasteiger partial charge >= 0.3 is 5.97 Å². The Morgan fingerprint density at radius 2 is 2.12 bits per heavy atom. The van der Waals surface area contributed by atoms with E-state index in [1.165, 1.54) is 18.3 Å². The lowest BCUT2D eigenvalue weighted by atomic mass is 10.2. The molecular formula is C18H13N3O3S. The van der Waals surface area contributed by atoms with Crippen molar-refractivity contribution in [2.45, 2.75) is 13.0 Å². The zero-order valence-electron chi connectivity index (χ0n) is 13.2. The smallest absolute Gasteiger partial charge is 0.338 e. The van der Waals surface area contributed by atoms with Gasteiger partial charge in [0.2, 0.25) is 0 Å². The van der Waals surface area contributed by atoms with Crippen LogP contribution in [0.4, 0.5) is 5.69 Å². The number of hydrogen-bond donors (Lipinski definition) is 1. The monoisotopic (exact) mass is 351 g/mol. The molecule has 1 aromatic heterocycles. The molecule has 1 amide bonds. The molecule has 2 aromatic carbocycles. The number of anilines is 1. The maximum Gasteiger partial charge on any atom is 0.338 e. The highest BCUT2D eigenvalue weighted by molar-refractivity contribution is 7.16. The Bertz CT molecular complexity index is 990. The minimum Gasteiger partial charge on any atom is -0.449 e. The molecule has 1 N–H and O–H groups in total. The predicted octanol–water partition coefficient (Wildman–Crippen LogP) is 3.35. The van der Waals surface area contributed by atoms with Gasteiger partial charge in [-0.25, -0.2) is 9.78 Å². The number of carbonyl (C=O) groups is 2. The summed E-state index contributed by atoms with van der Waals surface area (Å²) in [6, 6.07) is 13.5. The molecule has 0 saturated heterocycles. The summed E-state index contributed by atoms with van der Waals surface area (Å²) in [6.07, 6.45) is -0.976. The molecule has 3 aromatic rings. The number of nitriles is 1. The second kappa shape index (κ2) is 7.11. The van der Waals surface area contributed by atoms with Crippen LogP contribution < -0.4 is 5.32 Å². The minimum atomic E-state index is -0.976. The van der Waals surface area contributed by atoms with Crippen LogP contribution in [0.1, 0.15) is 22.8 Å². The maximum atomic E-state index is 12.2. The Morgan fingerprint density at radius 3 is 2.92 bits per heavy atom. The summed E-state index contributed by atoms with van der Waals surface area (Å²) in [4.78, 5) is 28.5. The van der Waals surface area contributed by atoms with E-state index < -0.39 is 18.0 Å². The van der Waals surface area contributed by atoms with Crippen LogP contribution in [0.3, 0.4) is 0 Å². The molecule has 0 aliphatic rings. The fraction of sp³-hybridized carbons (Fsp3) is 0.111. The van der Waals surface area contributed by atoms with Crippen LogP contribution >= 0.6 is 11.3 Å². The van der Waals surface area contributed by atoms with Crippen LogP contribution in [-0.2, 0) is 9.53 Å². The van der Waals surface area contributed by atoms with E-state index in [1.807, 2.05) is 6.07 Å². The average molecular weight is 351 g/mol. The first-order chi connectivity index (χ1) is 12.1. The topological polar surface area (TPSA) is 92.1 Å². The Hall–Kier alpha value is -3.24. The molecule has 7 heteroatoms. The zero-order valence-corrected chi connectivity index (χ0v) is 14.0. The van der Waals surface area contributed by atoms with Gasteiger partial charge in [0.05, 0.1) is 32.9 Å². The molecule has 0 spiro atoms. The van der Waals surface area contributed by atoms with E-state index in [2.05, 4.69) is 10.3 Å². The second-order valence-electron chi connectivity index (χ2n) is 5.26. The van der Waals surface area contributed by atoms with E-state index >= 15 is 0 Å². The second-order valence-corrected chi connectivity index (χ2v) is 6.15.